The predicted octanol–water partition coefficient (Wildman–Crippen LogP) is 3.32. The molecule has 5 nitrogen and oxygen atoms in total. The number of thioether (sulfide) groups is 1. The summed E-state index contributed by atoms with van der Waals surface area (Å²) in [5, 5.41) is 11.7. The Balaban J connectivity index is 2.26. The van der Waals surface area contributed by atoms with Gasteiger partial charge in [0, 0.05) is 5.70 Å². The van der Waals surface area contributed by atoms with Gasteiger partial charge in [-0.15, -0.1) is 0 Å². The average Bonchev–Trinajstić information content (AvgIpc) is 2.60. The fraction of sp³-hybridized carbons (Fsp3) is 0.0588. The van der Waals surface area contributed by atoms with Gasteiger partial charge in [0.05, 0.1) is 16.6 Å². The van der Waals surface area contributed by atoms with Gasteiger partial charge in [-0.25, -0.2) is 4.98 Å². The summed E-state index contributed by atoms with van der Waals surface area (Å²) >= 11 is 1.27. The smallest absolute Gasteiger partial charge is 0.266 e. The third-order valence-corrected chi connectivity index (χ3v) is 4.23. The van der Waals surface area contributed by atoms with Crippen LogP contribution < -0.4 is 11.0 Å². The highest BCUT2D eigenvalue weighted by molar-refractivity contribution is 8.02. The van der Waals surface area contributed by atoms with Crippen LogP contribution in [0.3, 0.4) is 0 Å². The van der Waals surface area contributed by atoms with E-state index in [4.69, 9.17) is 5.21 Å². The molecule has 0 amide bonds. The van der Waals surface area contributed by atoms with E-state index in [1.807, 2.05) is 48.5 Å². The quantitative estimate of drug-likeness (QED) is 0.437. The van der Waals surface area contributed by atoms with Gasteiger partial charge in [-0.2, -0.15) is 0 Å². The van der Waals surface area contributed by atoms with Crippen molar-refractivity contribution >= 4 is 22.7 Å². The molecule has 0 saturated carbocycles. The van der Waals surface area contributed by atoms with Gasteiger partial charge in [0.2, 0.25) is 0 Å². The van der Waals surface area contributed by atoms with E-state index in [1.165, 1.54) is 11.8 Å². The van der Waals surface area contributed by atoms with E-state index in [9.17, 15) is 4.79 Å². The molecule has 3 rings (SSSR count). The zero-order valence-corrected chi connectivity index (χ0v) is 13.2. The zero-order chi connectivity index (χ0) is 16.2. The van der Waals surface area contributed by atoms with Crippen LogP contribution >= 0.6 is 11.8 Å². The number of allylic oxidation sites excluding steroid dienone is 1. The van der Waals surface area contributed by atoms with Crippen LogP contribution in [0.25, 0.3) is 16.6 Å². The lowest BCUT2D eigenvalue weighted by atomic mass is 10.2. The first kappa shape index (κ1) is 15.3. The van der Waals surface area contributed by atoms with E-state index in [-0.39, 0.29) is 5.56 Å². The van der Waals surface area contributed by atoms with Crippen LogP contribution in [0.4, 0.5) is 0 Å². The Labute approximate surface area is 137 Å². The first-order valence-corrected chi connectivity index (χ1v) is 7.89. The molecule has 23 heavy (non-hydrogen) atoms. The molecule has 3 aromatic rings. The first-order chi connectivity index (χ1) is 11.2. The average molecular weight is 325 g/mol. The topological polar surface area (TPSA) is 67.2 Å². The van der Waals surface area contributed by atoms with Crippen LogP contribution in [-0.4, -0.2) is 14.8 Å². The van der Waals surface area contributed by atoms with Crippen molar-refractivity contribution in [1.82, 2.24) is 15.0 Å². The number of nitrogens with one attached hydrogen (secondary N) is 1. The number of hydroxylamine groups is 1. The maximum absolute atomic E-state index is 12.9. The number of benzene rings is 2. The van der Waals surface area contributed by atoms with Crippen LogP contribution in [0.15, 0.2) is 75.7 Å². The molecule has 0 aliphatic carbocycles. The lowest BCUT2D eigenvalue weighted by Crippen LogP contribution is -2.21. The van der Waals surface area contributed by atoms with Crippen LogP contribution in [-0.2, 0) is 0 Å². The highest BCUT2D eigenvalue weighted by Gasteiger charge is 2.12. The number of rotatable bonds is 4. The van der Waals surface area contributed by atoms with Crippen molar-refractivity contribution in [2.45, 2.75) is 12.1 Å². The van der Waals surface area contributed by atoms with E-state index >= 15 is 0 Å². The van der Waals surface area contributed by atoms with Gasteiger partial charge in [0.15, 0.2) is 5.16 Å². The second kappa shape index (κ2) is 6.68. The van der Waals surface area contributed by atoms with E-state index in [2.05, 4.69) is 10.5 Å². The van der Waals surface area contributed by atoms with E-state index in [0.717, 1.165) is 5.69 Å². The minimum atomic E-state index is -0.118. The summed E-state index contributed by atoms with van der Waals surface area (Å²) in [6.45, 7) is 1.72. The Morgan fingerprint density at radius 1 is 1.17 bits per heavy atom. The Kier molecular flexibility index (Phi) is 4.45. The largest absolute Gasteiger partial charge is 0.291 e. The molecule has 0 aliphatic heterocycles. The lowest BCUT2D eigenvalue weighted by Gasteiger charge is -2.12. The van der Waals surface area contributed by atoms with Gasteiger partial charge in [-0.3, -0.25) is 20.0 Å². The van der Waals surface area contributed by atoms with Crippen molar-refractivity contribution < 1.29 is 5.21 Å². The van der Waals surface area contributed by atoms with Crippen molar-refractivity contribution in [1.29, 1.82) is 0 Å². The molecular weight excluding hydrogens is 310 g/mol. The molecule has 116 valence electrons. The Hall–Kier alpha value is -2.57. The summed E-state index contributed by atoms with van der Waals surface area (Å²) in [5.41, 5.74) is 3.92. The second-order valence-electron chi connectivity index (χ2n) is 4.92. The molecule has 0 spiro atoms. The van der Waals surface area contributed by atoms with Gasteiger partial charge in [0.25, 0.3) is 5.56 Å². The van der Waals surface area contributed by atoms with Crippen LogP contribution in [0.2, 0.25) is 0 Å². The van der Waals surface area contributed by atoms with Crippen LogP contribution in [0, 0.1) is 0 Å². The molecule has 1 aromatic heterocycles. The zero-order valence-electron chi connectivity index (χ0n) is 12.4. The van der Waals surface area contributed by atoms with Gasteiger partial charge >= 0.3 is 0 Å². The fourth-order valence-electron chi connectivity index (χ4n) is 2.16. The number of para-hydroxylation sites is 2. The summed E-state index contributed by atoms with van der Waals surface area (Å²) in [7, 11) is 0. The molecule has 0 fully saturated rings. The number of aromatic nitrogens is 2. The molecule has 0 atom stereocenters. The Morgan fingerprint density at radius 2 is 1.87 bits per heavy atom. The minimum Gasteiger partial charge on any atom is -0.291 e. The lowest BCUT2D eigenvalue weighted by molar-refractivity contribution is 0.201. The van der Waals surface area contributed by atoms with Crippen molar-refractivity contribution in [3.8, 4) is 5.69 Å². The van der Waals surface area contributed by atoms with Crippen molar-refractivity contribution in [3.63, 3.8) is 0 Å². The Bertz CT molecular complexity index is 920. The van der Waals surface area contributed by atoms with Gasteiger partial charge in [-0.05, 0) is 36.6 Å². The third kappa shape index (κ3) is 3.13. The fourth-order valence-corrected chi connectivity index (χ4v) is 2.94. The molecule has 6 heteroatoms. The first-order valence-electron chi connectivity index (χ1n) is 7.01. The SMILES string of the molecule is C/C(=C/Sc1nc2ccccc2c(=O)n1-c1ccccc1)NO. The summed E-state index contributed by atoms with van der Waals surface area (Å²) in [5.74, 6) is 0. The summed E-state index contributed by atoms with van der Waals surface area (Å²) in [6, 6.07) is 16.6. The number of hydrogen-bond donors (Lipinski definition) is 2. The molecule has 2 N–H and O–H groups in total. The summed E-state index contributed by atoms with van der Waals surface area (Å²) in [4.78, 5) is 17.5. The Morgan fingerprint density at radius 3 is 2.61 bits per heavy atom. The molecule has 0 unspecified atom stereocenters. The van der Waals surface area contributed by atoms with E-state index < -0.39 is 0 Å². The monoisotopic (exact) mass is 325 g/mol. The van der Waals surface area contributed by atoms with Gasteiger partial charge in [0.1, 0.15) is 0 Å². The highest BCUT2D eigenvalue weighted by atomic mass is 32.2. The maximum Gasteiger partial charge on any atom is 0.266 e. The van der Waals surface area contributed by atoms with Crippen LogP contribution in [0.5, 0.6) is 0 Å². The number of fused-ring (bicyclic) bond motifs is 1. The van der Waals surface area contributed by atoms with E-state index in [1.54, 1.807) is 23.0 Å². The molecule has 1 heterocycles. The minimum absolute atomic E-state index is 0.118. The highest BCUT2D eigenvalue weighted by Crippen LogP contribution is 2.22. The molecule has 2 aromatic carbocycles. The molecule has 0 saturated heterocycles. The summed E-state index contributed by atoms with van der Waals surface area (Å²) < 4.78 is 1.58. The normalized spacial score (nSPS) is 11.7. The van der Waals surface area contributed by atoms with Gasteiger partial charge in [-0.1, -0.05) is 42.1 Å². The summed E-state index contributed by atoms with van der Waals surface area (Å²) in [6.07, 6.45) is 0. The standard InChI is InChI=1S/C17H15N3O2S/c1-12(19-22)11-23-17-18-15-10-6-5-9-14(15)16(21)20(17)13-7-3-2-4-8-13/h2-11,19,22H,1H3/b12-11-. The molecule has 0 bridgehead atoms. The number of nitrogens with zero attached hydrogens (tertiary/aromatic N) is 2. The maximum atomic E-state index is 12.9. The molecule has 0 radical (unpaired) electrons. The van der Waals surface area contributed by atoms with Crippen LogP contribution in [0.1, 0.15) is 6.92 Å². The van der Waals surface area contributed by atoms with Crippen molar-refractivity contribution in [3.05, 3.63) is 76.1 Å². The molecular formula is C17H15N3O2S. The van der Waals surface area contributed by atoms with Crippen molar-refractivity contribution in [2.75, 3.05) is 0 Å². The van der Waals surface area contributed by atoms with Gasteiger partial charge < -0.3 is 0 Å². The van der Waals surface area contributed by atoms with E-state index in [0.29, 0.717) is 21.8 Å². The number of hydrogen-bond acceptors (Lipinski definition) is 5. The second-order valence-corrected chi connectivity index (χ2v) is 5.75. The third-order valence-electron chi connectivity index (χ3n) is 3.28. The van der Waals surface area contributed by atoms with Crippen molar-refractivity contribution in [2.24, 2.45) is 0 Å². The predicted molar refractivity (Wildman–Crippen MR) is 91.9 cm³/mol. The molecule has 0 aliphatic rings.